The third kappa shape index (κ3) is 4.74. The van der Waals surface area contributed by atoms with Crippen molar-refractivity contribution in [3.63, 3.8) is 0 Å². The highest BCUT2D eigenvalue weighted by atomic mass is 19.4. The molecular weight excluding hydrogens is 468 g/mol. The van der Waals surface area contributed by atoms with Crippen molar-refractivity contribution in [2.24, 2.45) is 5.73 Å². The largest absolute Gasteiger partial charge is 0.496 e. The number of ether oxygens (including phenoxy) is 1. The molecule has 0 fully saturated rings. The predicted octanol–water partition coefficient (Wildman–Crippen LogP) is 5.74. The number of hydrogen-bond acceptors (Lipinski definition) is 3. The zero-order chi connectivity index (χ0) is 25.3. The van der Waals surface area contributed by atoms with Crippen LogP contribution in [0.2, 0.25) is 0 Å². The summed E-state index contributed by atoms with van der Waals surface area (Å²) in [5, 5.41) is 5.13. The maximum Gasteiger partial charge on any atom is 0.416 e. The van der Waals surface area contributed by atoms with Gasteiger partial charge in [0.2, 0.25) is 0 Å². The summed E-state index contributed by atoms with van der Waals surface area (Å²) in [5.41, 5.74) is 6.00. The zero-order valence-corrected chi connectivity index (χ0v) is 18.1. The van der Waals surface area contributed by atoms with Gasteiger partial charge in [0.25, 0.3) is 5.91 Å². The van der Waals surface area contributed by atoms with E-state index in [9.17, 15) is 27.2 Å². The van der Waals surface area contributed by atoms with Crippen LogP contribution in [0.5, 0.6) is 5.75 Å². The Bertz CT molecular complexity index is 1430. The number of amides is 3. The molecule has 35 heavy (non-hydrogen) atoms. The van der Waals surface area contributed by atoms with Gasteiger partial charge in [-0.3, -0.25) is 4.79 Å². The first kappa shape index (κ1) is 23.6. The molecule has 3 aromatic carbocycles. The number of alkyl halides is 3. The lowest BCUT2D eigenvalue weighted by Crippen LogP contribution is -2.20. The van der Waals surface area contributed by atoms with Crippen LogP contribution in [0.15, 0.2) is 60.7 Å². The molecule has 4 rings (SSSR count). The molecule has 0 aliphatic carbocycles. The molecule has 1 heterocycles. The second kappa shape index (κ2) is 9.01. The Morgan fingerprint density at radius 1 is 1.00 bits per heavy atom. The second-order valence-corrected chi connectivity index (χ2v) is 7.47. The number of rotatable bonds is 5. The molecule has 0 saturated carbocycles. The molecule has 0 unspecified atom stereocenters. The van der Waals surface area contributed by atoms with Crippen molar-refractivity contribution < 1.29 is 31.9 Å². The van der Waals surface area contributed by atoms with Crippen LogP contribution in [0, 0.1) is 5.82 Å². The van der Waals surface area contributed by atoms with E-state index < -0.39 is 35.2 Å². The third-order valence-corrected chi connectivity index (χ3v) is 5.23. The van der Waals surface area contributed by atoms with Crippen molar-refractivity contribution in [1.29, 1.82) is 0 Å². The van der Waals surface area contributed by atoms with Crippen LogP contribution in [0.1, 0.15) is 16.1 Å². The first-order chi connectivity index (χ1) is 16.6. The van der Waals surface area contributed by atoms with Gasteiger partial charge in [0.1, 0.15) is 17.3 Å². The fourth-order valence-electron chi connectivity index (χ4n) is 3.66. The van der Waals surface area contributed by atoms with Crippen LogP contribution < -0.4 is 21.1 Å². The number of carbonyl (C=O) groups excluding carboxylic acids is 2. The number of halogens is 4. The van der Waals surface area contributed by atoms with Crippen molar-refractivity contribution in [3.8, 4) is 16.9 Å². The Kier molecular flexibility index (Phi) is 6.08. The summed E-state index contributed by atoms with van der Waals surface area (Å²) >= 11 is 0. The number of primary amides is 1. The van der Waals surface area contributed by atoms with E-state index in [2.05, 4.69) is 15.6 Å². The van der Waals surface area contributed by atoms with Gasteiger partial charge < -0.3 is 26.1 Å². The van der Waals surface area contributed by atoms with E-state index in [1.165, 1.54) is 19.2 Å². The molecule has 0 radical (unpaired) electrons. The first-order valence-corrected chi connectivity index (χ1v) is 10.1. The summed E-state index contributed by atoms with van der Waals surface area (Å²) < 4.78 is 57.9. The average Bonchev–Trinajstić information content (AvgIpc) is 3.20. The molecule has 3 amide bonds. The van der Waals surface area contributed by atoms with Crippen molar-refractivity contribution in [3.05, 3.63) is 77.7 Å². The first-order valence-electron chi connectivity index (χ1n) is 10.1. The fraction of sp³-hybridized carbons (Fsp3) is 0.0833. The van der Waals surface area contributed by atoms with Gasteiger partial charge in [-0.2, -0.15) is 13.2 Å². The zero-order valence-electron chi connectivity index (χ0n) is 18.1. The molecule has 0 bridgehead atoms. The van der Waals surface area contributed by atoms with Gasteiger partial charge in [-0.25, -0.2) is 9.18 Å². The normalized spacial score (nSPS) is 11.3. The minimum atomic E-state index is -4.69. The number of aromatic amines is 1. The Morgan fingerprint density at radius 3 is 2.34 bits per heavy atom. The number of benzene rings is 3. The number of hydrogen-bond donors (Lipinski definition) is 4. The number of aromatic nitrogens is 1. The predicted molar refractivity (Wildman–Crippen MR) is 123 cm³/mol. The molecule has 0 saturated heterocycles. The second-order valence-electron chi connectivity index (χ2n) is 7.47. The van der Waals surface area contributed by atoms with Gasteiger partial charge in [0.05, 0.1) is 29.3 Å². The Hall–Kier alpha value is -4.54. The van der Waals surface area contributed by atoms with Gasteiger partial charge >= 0.3 is 12.2 Å². The van der Waals surface area contributed by atoms with Crippen LogP contribution in [-0.2, 0) is 6.18 Å². The third-order valence-electron chi connectivity index (χ3n) is 5.23. The summed E-state index contributed by atoms with van der Waals surface area (Å²) in [4.78, 5) is 27.3. The van der Waals surface area contributed by atoms with E-state index in [0.29, 0.717) is 46.0 Å². The summed E-state index contributed by atoms with van der Waals surface area (Å²) in [6.07, 6.45) is -4.69. The van der Waals surface area contributed by atoms with Crippen LogP contribution in [0.3, 0.4) is 0 Å². The molecular formula is C24H18F4N4O3. The number of fused-ring (bicyclic) bond motifs is 1. The molecule has 0 spiro atoms. The van der Waals surface area contributed by atoms with E-state index in [-0.39, 0.29) is 11.4 Å². The number of H-pyrrole nitrogens is 1. The molecule has 4 aromatic rings. The summed E-state index contributed by atoms with van der Waals surface area (Å²) in [6, 6.07) is 12.3. The molecule has 0 atom stereocenters. The number of carbonyl (C=O) groups is 2. The van der Waals surface area contributed by atoms with Crippen LogP contribution in [-0.4, -0.2) is 24.0 Å². The highest BCUT2D eigenvalue weighted by Crippen LogP contribution is 2.38. The van der Waals surface area contributed by atoms with Crippen molar-refractivity contribution in [2.45, 2.75) is 6.18 Å². The summed E-state index contributed by atoms with van der Waals surface area (Å²) in [5.74, 6) is -1.18. The van der Waals surface area contributed by atoms with Crippen LogP contribution in [0.4, 0.5) is 33.7 Å². The molecule has 11 heteroatoms. The summed E-state index contributed by atoms with van der Waals surface area (Å²) in [7, 11) is 1.49. The monoisotopic (exact) mass is 486 g/mol. The SMILES string of the molecule is COc1cccc2[nH]c(C(N)=O)c(-c3ccc(NC(=O)Nc4cc(C(F)(F)F)ccc4F)cc3)c12. The molecule has 7 nitrogen and oxygen atoms in total. The Labute approximate surface area is 195 Å². The molecule has 0 aliphatic heterocycles. The fourth-order valence-corrected chi connectivity index (χ4v) is 3.66. The van der Waals surface area contributed by atoms with Crippen LogP contribution in [0.25, 0.3) is 22.0 Å². The number of methoxy groups -OCH3 is 1. The van der Waals surface area contributed by atoms with Gasteiger partial charge in [-0.05, 0) is 48.0 Å². The highest BCUT2D eigenvalue weighted by molar-refractivity contribution is 6.11. The minimum absolute atomic E-state index is 0.169. The smallest absolute Gasteiger partial charge is 0.416 e. The Balaban J connectivity index is 1.59. The topological polar surface area (TPSA) is 109 Å². The van der Waals surface area contributed by atoms with Crippen molar-refractivity contribution in [2.75, 3.05) is 17.7 Å². The number of nitrogens with two attached hydrogens (primary N) is 1. The van der Waals surface area contributed by atoms with Crippen molar-refractivity contribution in [1.82, 2.24) is 4.98 Å². The molecule has 5 N–H and O–H groups in total. The number of urea groups is 1. The lowest BCUT2D eigenvalue weighted by atomic mass is 10.0. The van der Waals surface area contributed by atoms with Crippen molar-refractivity contribution >= 4 is 34.2 Å². The maximum atomic E-state index is 13.9. The van der Waals surface area contributed by atoms with E-state index in [0.717, 1.165) is 0 Å². The van der Waals surface area contributed by atoms with Gasteiger partial charge in [-0.1, -0.05) is 18.2 Å². The lowest BCUT2D eigenvalue weighted by Gasteiger charge is -2.12. The van der Waals surface area contributed by atoms with Crippen LogP contribution >= 0.6 is 0 Å². The maximum absolute atomic E-state index is 13.9. The van der Waals surface area contributed by atoms with E-state index >= 15 is 0 Å². The number of nitrogens with one attached hydrogen (secondary N) is 3. The quantitative estimate of drug-likeness (QED) is 0.270. The summed E-state index contributed by atoms with van der Waals surface area (Å²) in [6.45, 7) is 0. The van der Waals surface area contributed by atoms with Gasteiger partial charge in [0.15, 0.2) is 0 Å². The molecule has 180 valence electrons. The molecule has 1 aromatic heterocycles. The van der Waals surface area contributed by atoms with Gasteiger partial charge in [-0.15, -0.1) is 0 Å². The lowest BCUT2D eigenvalue weighted by molar-refractivity contribution is -0.137. The standard InChI is InChI=1S/C24H18F4N4O3/c1-35-18-4-2-3-16-20(18)19(21(31-16)22(29)33)12-5-8-14(9-6-12)30-23(34)32-17-11-13(24(26,27)28)7-10-15(17)25/h2-11,31H,1H3,(H2,29,33)(H2,30,32,34). The van der Waals surface area contributed by atoms with Gasteiger partial charge in [0, 0.05) is 11.3 Å². The molecule has 0 aliphatic rings. The van der Waals surface area contributed by atoms with E-state index in [4.69, 9.17) is 10.5 Å². The number of anilines is 2. The van der Waals surface area contributed by atoms with E-state index in [1.807, 2.05) is 0 Å². The highest BCUT2D eigenvalue weighted by Gasteiger charge is 2.31. The Morgan fingerprint density at radius 2 is 1.71 bits per heavy atom. The van der Waals surface area contributed by atoms with E-state index in [1.54, 1.807) is 30.3 Å². The average molecular weight is 486 g/mol. The minimum Gasteiger partial charge on any atom is -0.496 e.